The summed E-state index contributed by atoms with van der Waals surface area (Å²) in [7, 11) is 0. The molecule has 6 nitrogen and oxygen atoms in total. The van der Waals surface area contributed by atoms with E-state index in [1.165, 1.54) is 0 Å². The number of carbonyl (C=O) groups is 1. The first-order chi connectivity index (χ1) is 12.2. The highest BCUT2D eigenvalue weighted by Crippen LogP contribution is 2.40. The van der Waals surface area contributed by atoms with Crippen molar-refractivity contribution in [3.05, 3.63) is 42.2 Å². The quantitative estimate of drug-likeness (QED) is 0.839. The lowest BCUT2D eigenvalue weighted by Gasteiger charge is -2.38. The lowest BCUT2D eigenvalue weighted by molar-refractivity contribution is -0.135. The van der Waals surface area contributed by atoms with Gasteiger partial charge in [-0.05, 0) is 50.3 Å². The first-order valence-electron chi connectivity index (χ1n) is 9.13. The lowest BCUT2D eigenvalue weighted by Crippen LogP contribution is -2.47. The van der Waals surface area contributed by atoms with Gasteiger partial charge < -0.3 is 9.64 Å². The predicted octanol–water partition coefficient (Wildman–Crippen LogP) is 2.61. The number of amides is 1. The number of rotatable bonds is 5. The third kappa shape index (κ3) is 3.25. The Bertz CT molecular complexity index is 700. The van der Waals surface area contributed by atoms with Crippen LogP contribution in [0.2, 0.25) is 0 Å². The van der Waals surface area contributed by atoms with Crippen LogP contribution in [0.25, 0.3) is 0 Å². The molecule has 2 atom stereocenters. The number of hydrogen-bond acceptors (Lipinski definition) is 4. The van der Waals surface area contributed by atoms with E-state index >= 15 is 0 Å². The summed E-state index contributed by atoms with van der Waals surface area (Å²) in [5, 5.41) is 8.58. The molecule has 25 heavy (non-hydrogen) atoms. The molecule has 2 saturated heterocycles. The van der Waals surface area contributed by atoms with Crippen LogP contribution in [-0.2, 0) is 11.2 Å². The van der Waals surface area contributed by atoms with Gasteiger partial charge in [0.15, 0.2) is 0 Å². The Balaban J connectivity index is 1.41. The first kappa shape index (κ1) is 16.1. The zero-order valence-corrected chi connectivity index (χ0v) is 14.5. The summed E-state index contributed by atoms with van der Waals surface area (Å²) in [4.78, 5) is 16.8. The van der Waals surface area contributed by atoms with Crippen LogP contribution in [0.5, 0.6) is 5.75 Å². The molecular formula is C19H24N4O2. The molecule has 0 spiro atoms. The number of ether oxygens (including phenoxy) is 1. The minimum absolute atomic E-state index is 0.239. The Labute approximate surface area is 147 Å². The molecule has 4 rings (SSSR count). The van der Waals surface area contributed by atoms with Gasteiger partial charge in [-0.3, -0.25) is 4.79 Å². The largest absolute Gasteiger partial charge is 0.494 e. The van der Waals surface area contributed by atoms with Crippen molar-refractivity contribution in [1.82, 2.24) is 19.9 Å². The third-order valence-electron chi connectivity index (χ3n) is 5.35. The standard InChI is InChI=1S/C19H24N4O2/c1-2-25-18-7-3-14(4-8-18)11-19(24)22-15-5-6-16(22)13-17(12-15)23-20-9-10-21-23/h3-4,7-10,15-17H,2,5-6,11-13H2,1H3. The van der Waals surface area contributed by atoms with Gasteiger partial charge in [0.2, 0.25) is 5.91 Å². The highest BCUT2D eigenvalue weighted by Gasteiger charge is 2.43. The van der Waals surface area contributed by atoms with Gasteiger partial charge in [-0.2, -0.15) is 15.0 Å². The molecule has 0 radical (unpaired) electrons. The highest BCUT2D eigenvalue weighted by atomic mass is 16.5. The SMILES string of the molecule is CCOc1ccc(CC(=O)N2C3CCC2CC(n2nccn2)C3)cc1. The minimum atomic E-state index is 0.239. The topological polar surface area (TPSA) is 60.2 Å². The zero-order valence-electron chi connectivity index (χ0n) is 14.5. The summed E-state index contributed by atoms with van der Waals surface area (Å²) in [5.41, 5.74) is 1.05. The Morgan fingerprint density at radius 2 is 1.72 bits per heavy atom. The van der Waals surface area contributed by atoms with Gasteiger partial charge >= 0.3 is 0 Å². The minimum Gasteiger partial charge on any atom is -0.494 e. The molecule has 2 aromatic rings. The molecule has 2 aliphatic rings. The molecule has 1 aromatic carbocycles. The number of carbonyl (C=O) groups excluding carboxylic acids is 1. The van der Waals surface area contributed by atoms with Gasteiger partial charge in [0, 0.05) is 12.1 Å². The Hall–Kier alpha value is -2.37. The van der Waals surface area contributed by atoms with Crippen LogP contribution in [-0.4, -0.2) is 44.5 Å². The Morgan fingerprint density at radius 3 is 2.32 bits per heavy atom. The van der Waals surface area contributed by atoms with Crippen molar-refractivity contribution >= 4 is 5.91 Å². The Morgan fingerprint density at radius 1 is 1.08 bits per heavy atom. The van der Waals surface area contributed by atoms with E-state index in [0.29, 0.717) is 31.2 Å². The maximum absolute atomic E-state index is 12.9. The lowest BCUT2D eigenvalue weighted by atomic mass is 9.97. The smallest absolute Gasteiger partial charge is 0.227 e. The molecule has 2 aliphatic heterocycles. The number of hydrogen-bond donors (Lipinski definition) is 0. The molecule has 2 bridgehead atoms. The second-order valence-electron chi connectivity index (χ2n) is 6.91. The number of benzene rings is 1. The van der Waals surface area contributed by atoms with E-state index in [1.807, 2.05) is 36.0 Å². The van der Waals surface area contributed by atoms with Crippen LogP contribution in [0, 0.1) is 0 Å². The highest BCUT2D eigenvalue weighted by molar-refractivity contribution is 5.80. The maximum Gasteiger partial charge on any atom is 0.227 e. The fraction of sp³-hybridized carbons (Fsp3) is 0.526. The number of nitrogens with zero attached hydrogens (tertiary/aromatic N) is 4. The summed E-state index contributed by atoms with van der Waals surface area (Å²) in [5.74, 6) is 1.09. The van der Waals surface area contributed by atoms with Crippen LogP contribution >= 0.6 is 0 Å². The molecule has 1 aromatic heterocycles. The van der Waals surface area contributed by atoms with Crippen LogP contribution in [0.15, 0.2) is 36.7 Å². The van der Waals surface area contributed by atoms with Crippen molar-refractivity contribution in [2.75, 3.05) is 6.61 Å². The molecular weight excluding hydrogens is 316 g/mol. The van der Waals surface area contributed by atoms with E-state index in [4.69, 9.17) is 4.74 Å². The molecule has 2 fully saturated rings. The predicted molar refractivity (Wildman–Crippen MR) is 93.3 cm³/mol. The van der Waals surface area contributed by atoms with Gasteiger partial charge in [-0.15, -0.1) is 0 Å². The van der Waals surface area contributed by atoms with Crippen LogP contribution in [0.1, 0.15) is 44.2 Å². The third-order valence-corrected chi connectivity index (χ3v) is 5.35. The summed E-state index contributed by atoms with van der Waals surface area (Å²) in [6, 6.07) is 8.83. The van der Waals surface area contributed by atoms with E-state index in [9.17, 15) is 4.79 Å². The molecule has 0 saturated carbocycles. The Kier molecular flexibility index (Phi) is 4.42. The fourth-order valence-electron chi connectivity index (χ4n) is 4.29. The van der Waals surface area contributed by atoms with Crippen LogP contribution in [0.4, 0.5) is 0 Å². The average molecular weight is 340 g/mol. The monoisotopic (exact) mass is 340 g/mol. The van der Waals surface area contributed by atoms with Crippen LogP contribution < -0.4 is 4.74 Å². The van der Waals surface area contributed by atoms with E-state index in [0.717, 1.165) is 37.0 Å². The molecule has 0 N–H and O–H groups in total. The van der Waals surface area contributed by atoms with Crippen molar-refractivity contribution in [3.8, 4) is 5.75 Å². The normalized spacial score (nSPS) is 25.2. The fourth-order valence-corrected chi connectivity index (χ4v) is 4.29. The van der Waals surface area contributed by atoms with E-state index in [1.54, 1.807) is 12.4 Å². The van der Waals surface area contributed by atoms with Gasteiger partial charge in [0.05, 0.1) is 31.5 Å². The van der Waals surface area contributed by atoms with E-state index in [2.05, 4.69) is 15.1 Å². The summed E-state index contributed by atoms with van der Waals surface area (Å²) >= 11 is 0. The van der Waals surface area contributed by atoms with Crippen molar-refractivity contribution in [1.29, 1.82) is 0 Å². The van der Waals surface area contributed by atoms with Gasteiger partial charge in [0.25, 0.3) is 0 Å². The van der Waals surface area contributed by atoms with E-state index < -0.39 is 0 Å². The molecule has 6 heteroatoms. The van der Waals surface area contributed by atoms with Crippen molar-refractivity contribution in [2.24, 2.45) is 0 Å². The summed E-state index contributed by atoms with van der Waals surface area (Å²) in [6.45, 7) is 2.62. The molecule has 3 heterocycles. The van der Waals surface area contributed by atoms with Crippen molar-refractivity contribution < 1.29 is 9.53 Å². The number of fused-ring (bicyclic) bond motifs is 2. The average Bonchev–Trinajstić information content (AvgIpc) is 3.24. The second-order valence-corrected chi connectivity index (χ2v) is 6.91. The van der Waals surface area contributed by atoms with Crippen molar-refractivity contribution in [3.63, 3.8) is 0 Å². The molecule has 2 unspecified atom stereocenters. The molecule has 132 valence electrons. The summed E-state index contributed by atoms with van der Waals surface area (Å²) in [6.07, 6.45) is 8.02. The zero-order chi connectivity index (χ0) is 17.2. The van der Waals surface area contributed by atoms with Gasteiger partial charge in [-0.1, -0.05) is 12.1 Å². The van der Waals surface area contributed by atoms with Crippen molar-refractivity contribution in [2.45, 2.75) is 57.2 Å². The number of aromatic nitrogens is 3. The van der Waals surface area contributed by atoms with Gasteiger partial charge in [0.1, 0.15) is 5.75 Å². The van der Waals surface area contributed by atoms with E-state index in [-0.39, 0.29) is 5.91 Å². The number of piperidine rings is 1. The molecule has 0 aliphatic carbocycles. The molecule has 1 amide bonds. The first-order valence-corrected chi connectivity index (χ1v) is 9.13. The maximum atomic E-state index is 12.9. The van der Waals surface area contributed by atoms with Gasteiger partial charge in [-0.25, -0.2) is 0 Å². The van der Waals surface area contributed by atoms with Crippen LogP contribution in [0.3, 0.4) is 0 Å². The second kappa shape index (κ2) is 6.86. The summed E-state index contributed by atoms with van der Waals surface area (Å²) < 4.78 is 5.46.